The van der Waals surface area contributed by atoms with E-state index in [4.69, 9.17) is 0 Å². The molecule has 1 aromatic carbocycles. The summed E-state index contributed by atoms with van der Waals surface area (Å²) in [6.45, 7) is 6.87. The Kier molecular flexibility index (Phi) is 5.88. The molecule has 1 aromatic heterocycles. The molecule has 1 aliphatic heterocycles. The number of amides is 2. The Morgan fingerprint density at radius 1 is 1.37 bits per heavy atom. The third-order valence-corrected chi connectivity index (χ3v) is 6.44. The van der Waals surface area contributed by atoms with Gasteiger partial charge in [0.25, 0.3) is 5.91 Å². The van der Waals surface area contributed by atoms with Crippen molar-refractivity contribution >= 4 is 39.9 Å². The van der Waals surface area contributed by atoms with Crippen molar-refractivity contribution in [1.29, 1.82) is 5.26 Å². The monoisotopic (exact) mass is 399 g/mol. The van der Waals surface area contributed by atoms with Crippen molar-refractivity contribution < 1.29 is 9.59 Å². The van der Waals surface area contributed by atoms with Crippen LogP contribution in [0.25, 0.3) is 0 Å². The molecule has 0 atom stereocenters. The Labute approximate surface area is 167 Å². The summed E-state index contributed by atoms with van der Waals surface area (Å²) < 4.78 is 0. The van der Waals surface area contributed by atoms with Gasteiger partial charge in [-0.05, 0) is 30.2 Å². The largest absolute Gasteiger partial charge is 0.337 e. The summed E-state index contributed by atoms with van der Waals surface area (Å²) in [4.78, 5) is 28.1. The first-order chi connectivity index (χ1) is 12.9. The van der Waals surface area contributed by atoms with Crippen molar-refractivity contribution in [2.75, 3.05) is 11.9 Å². The quantitative estimate of drug-likeness (QED) is 0.779. The average Bonchev–Trinajstić information content (AvgIpc) is 2.97. The highest BCUT2D eigenvalue weighted by molar-refractivity contribution is 7.99. The molecule has 3 rings (SSSR count). The minimum absolute atomic E-state index is 0.0256. The molecule has 0 saturated heterocycles. The molecule has 2 amide bonds. The number of carbonyl (C=O) groups excluding carboxylic acids is 2. The van der Waals surface area contributed by atoms with Gasteiger partial charge in [0.15, 0.2) is 0 Å². The molecular weight excluding hydrogens is 378 g/mol. The summed E-state index contributed by atoms with van der Waals surface area (Å²) in [5, 5.41) is 13.5. The Morgan fingerprint density at radius 2 is 2.15 bits per heavy atom. The number of anilines is 1. The smallest absolute Gasteiger partial charge is 0.256 e. The van der Waals surface area contributed by atoms with E-state index in [1.807, 2.05) is 18.2 Å². The van der Waals surface area contributed by atoms with Crippen molar-refractivity contribution in [3.05, 3.63) is 45.8 Å². The van der Waals surface area contributed by atoms with Gasteiger partial charge in [0.2, 0.25) is 5.91 Å². The lowest BCUT2D eigenvalue weighted by Gasteiger charge is -2.25. The molecule has 0 unspecified atom stereocenters. The maximum Gasteiger partial charge on any atom is 0.256 e. The van der Waals surface area contributed by atoms with E-state index in [1.54, 1.807) is 29.7 Å². The maximum absolute atomic E-state index is 12.7. The summed E-state index contributed by atoms with van der Waals surface area (Å²) in [6, 6.07) is 9.74. The molecule has 2 aromatic rings. The Bertz CT molecular complexity index is 928. The molecule has 7 heteroatoms. The maximum atomic E-state index is 12.7. The predicted molar refractivity (Wildman–Crippen MR) is 109 cm³/mol. The normalized spacial score (nSPS) is 13.2. The van der Waals surface area contributed by atoms with Gasteiger partial charge in [-0.25, -0.2) is 0 Å². The van der Waals surface area contributed by atoms with E-state index in [-0.39, 0.29) is 11.8 Å². The molecule has 27 heavy (non-hydrogen) atoms. The lowest BCUT2D eigenvalue weighted by Crippen LogP contribution is -2.33. The van der Waals surface area contributed by atoms with Crippen LogP contribution in [-0.4, -0.2) is 28.5 Å². The molecule has 5 nitrogen and oxygen atoms in total. The van der Waals surface area contributed by atoms with Crippen LogP contribution in [0.3, 0.4) is 0 Å². The molecule has 0 fully saturated rings. The Balaban J connectivity index is 1.83. The van der Waals surface area contributed by atoms with Gasteiger partial charge in [0, 0.05) is 34.1 Å². The minimum Gasteiger partial charge on any atom is -0.337 e. The molecule has 1 aliphatic rings. The van der Waals surface area contributed by atoms with Gasteiger partial charge in [-0.2, -0.15) is 5.26 Å². The highest BCUT2D eigenvalue weighted by atomic mass is 32.2. The second-order valence-corrected chi connectivity index (χ2v) is 9.41. The molecule has 1 N–H and O–H groups in total. The zero-order chi connectivity index (χ0) is 19.6. The first-order valence-corrected chi connectivity index (χ1v) is 10.5. The number of hydrogen-bond acceptors (Lipinski definition) is 5. The van der Waals surface area contributed by atoms with E-state index in [2.05, 4.69) is 25.2 Å². The molecular formula is C20H21N3O2S2. The van der Waals surface area contributed by atoms with E-state index < -0.39 is 0 Å². The number of fused-ring (bicyclic) bond motifs is 1. The number of thioether (sulfide) groups is 1. The van der Waals surface area contributed by atoms with E-state index in [9.17, 15) is 14.9 Å². The van der Waals surface area contributed by atoms with Crippen LogP contribution in [-0.2, 0) is 17.8 Å². The standard InChI is InChI=1S/C20H21N3O2S2/c1-12(2)26-15-6-4-5-14(9-15)19(25)22-20-17(10-21)16-7-8-23(13(3)24)11-18(16)27-20/h4-6,9,12H,7-8,11H2,1-3H3,(H,22,25). The Hall–Kier alpha value is -2.30. The fraction of sp³-hybridized carbons (Fsp3) is 0.350. The zero-order valence-corrected chi connectivity index (χ0v) is 17.2. The second kappa shape index (κ2) is 8.15. The minimum atomic E-state index is -0.222. The second-order valence-electron chi connectivity index (χ2n) is 6.66. The van der Waals surface area contributed by atoms with Gasteiger partial charge in [-0.3, -0.25) is 9.59 Å². The van der Waals surface area contributed by atoms with Gasteiger partial charge < -0.3 is 10.2 Å². The average molecular weight is 400 g/mol. The predicted octanol–water partition coefficient (Wildman–Crippen LogP) is 4.28. The molecule has 0 aliphatic carbocycles. The number of nitriles is 1. The third-order valence-electron chi connectivity index (χ3n) is 4.31. The molecule has 0 saturated carbocycles. The van der Waals surface area contributed by atoms with Gasteiger partial charge in [-0.1, -0.05) is 19.9 Å². The Morgan fingerprint density at radius 3 is 2.81 bits per heavy atom. The summed E-state index contributed by atoms with van der Waals surface area (Å²) >= 11 is 3.09. The van der Waals surface area contributed by atoms with Crippen molar-refractivity contribution in [3.63, 3.8) is 0 Å². The van der Waals surface area contributed by atoms with Gasteiger partial charge in [0.05, 0.1) is 12.1 Å². The van der Waals surface area contributed by atoms with Crippen LogP contribution in [0.2, 0.25) is 0 Å². The van der Waals surface area contributed by atoms with E-state index in [1.165, 1.54) is 11.3 Å². The van der Waals surface area contributed by atoms with Crippen molar-refractivity contribution in [2.45, 2.75) is 43.9 Å². The van der Waals surface area contributed by atoms with Gasteiger partial charge in [0.1, 0.15) is 11.1 Å². The van der Waals surface area contributed by atoms with Crippen molar-refractivity contribution in [2.24, 2.45) is 0 Å². The number of nitrogens with zero attached hydrogens (tertiary/aromatic N) is 2. The highest BCUT2D eigenvalue weighted by Gasteiger charge is 2.26. The van der Waals surface area contributed by atoms with Crippen LogP contribution in [0.1, 0.15) is 47.1 Å². The number of benzene rings is 1. The van der Waals surface area contributed by atoms with Crippen LogP contribution in [0.4, 0.5) is 5.00 Å². The molecule has 0 bridgehead atoms. The number of carbonyl (C=O) groups is 2. The fourth-order valence-electron chi connectivity index (χ4n) is 3.04. The molecule has 0 spiro atoms. The molecule has 0 radical (unpaired) electrons. The van der Waals surface area contributed by atoms with E-state index >= 15 is 0 Å². The van der Waals surface area contributed by atoms with Gasteiger partial charge >= 0.3 is 0 Å². The lowest BCUT2D eigenvalue weighted by atomic mass is 10.0. The third kappa shape index (κ3) is 4.34. The van der Waals surface area contributed by atoms with Crippen molar-refractivity contribution in [1.82, 2.24) is 4.90 Å². The fourth-order valence-corrected chi connectivity index (χ4v) is 5.14. The van der Waals surface area contributed by atoms with E-state index in [0.29, 0.717) is 40.9 Å². The summed E-state index contributed by atoms with van der Waals surface area (Å²) in [6.07, 6.45) is 0.644. The number of rotatable bonds is 4. The number of hydrogen-bond donors (Lipinski definition) is 1. The first kappa shape index (κ1) is 19.5. The molecule has 140 valence electrons. The summed E-state index contributed by atoms with van der Waals surface area (Å²) in [5.41, 5.74) is 2.06. The summed E-state index contributed by atoms with van der Waals surface area (Å²) in [7, 11) is 0. The number of nitrogens with one attached hydrogen (secondary N) is 1. The summed E-state index contributed by atoms with van der Waals surface area (Å²) in [5.74, 6) is -0.197. The van der Waals surface area contributed by atoms with Crippen LogP contribution in [0.15, 0.2) is 29.2 Å². The zero-order valence-electron chi connectivity index (χ0n) is 15.5. The van der Waals surface area contributed by atoms with Gasteiger partial charge in [-0.15, -0.1) is 23.1 Å². The lowest BCUT2D eigenvalue weighted by molar-refractivity contribution is -0.129. The van der Waals surface area contributed by atoms with Crippen LogP contribution >= 0.6 is 23.1 Å². The SMILES string of the molecule is CC(=O)N1CCc2c(sc(NC(=O)c3cccc(SC(C)C)c3)c2C#N)C1. The van der Waals surface area contributed by atoms with E-state index in [0.717, 1.165) is 15.3 Å². The molecule has 2 heterocycles. The van der Waals surface area contributed by atoms with Crippen LogP contribution < -0.4 is 5.32 Å². The highest BCUT2D eigenvalue weighted by Crippen LogP contribution is 2.37. The first-order valence-electron chi connectivity index (χ1n) is 8.77. The van der Waals surface area contributed by atoms with Crippen molar-refractivity contribution in [3.8, 4) is 6.07 Å². The number of thiophene rings is 1. The van der Waals surface area contributed by atoms with Crippen LogP contribution in [0, 0.1) is 11.3 Å². The topological polar surface area (TPSA) is 73.2 Å². The van der Waals surface area contributed by atoms with Crippen LogP contribution in [0.5, 0.6) is 0 Å².